The number of anilines is 1. The highest BCUT2D eigenvalue weighted by molar-refractivity contribution is 5.54. The van der Waals surface area contributed by atoms with Gasteiger partial charge in [-0.1, -0.05) is 13.8 Å². The maximum atomic E-state index is 13.6. The molecular formula is C17H28FN3. The molecule has 1 fully saturated rings. The Bertz CT molecular complexity index is 453. The van der Waals surface area contributed by atoms with Crippen LogP contribution in [0.15, 0.2) is 18.2 Å². The van der Waals surface area contributed by atoms with Crippen LogP contribution in [0.25, 0.3) is 0 Å². The number of piperidine rings is 1. The summed E-state index contributed by atoms with van der Waals surface area (Å²) in [7, 11) is 4.31. The van der Waals surface area contributed by atoms with Crippen molar-refractivity contribution in [1.29, 1.82) is 0 Å². The molecule has 118 valence electrons. The Balaban J connectivity index is 2.13. The molecule has 1 aromatic carbocycles. The average molecular weight is 293 g/mol. The Morgan fingerprint density at radius 3 is 2.62 bits per heavy atom. The van der Waals surface area contributed by atoms with Crippen LogP contribution < -0.4 is 10.2 Å². The van der Waals surface area contributed by atoms with E-state index in [9.17, 15) is 4.39 Å². The second-order valence-electron chi connectivity index (χ2n) is 6.45. The first-order valence-corrected chi connectivity index (χ1v) is 7.90. The van der Waals surface area contributed by atoms with E-state index in [1.54, 1.807) is 12.1 Å². The molecular weight excluding hydrogens is 265 g/mol. The molecule has 0 aliphatic carbocycles. The van der Waals surface area contributed by atoms with Crippen LogP contribution in [-0.2, 0) is 6.54 Å². The van der Waals surface area contributed by atoms with E-state index in [0.29, 0.717) is 18.6 Å². The minimum atomic E-state index is -0.156. The summed E-state index contributed by atoms with van der Waals surface area (Å²) in [5.74, 6) is -0.156. The van der Waals surface area contributed by atoms with Gasteiger partial charge in [0.2, 0.25) is 0 Å². The van der Waals surface area contributed by atoms with E-state index in [0.717, 1.165) is 24.3 Å². The highest BCUT2D eigenvalue weighted by atomic mass is 19.1. The van der Waals surface area contributed by atoms with Crippen molar-refractivity contribution in [3.05, 3.63) is 29.6 Å². The molecule has 0 amide bonds. The third-order valence-electron chi connectivity index (χ3n) is 4.36. The van der Waals surface area contributed by atoms with Crippen molar-refractivity contribution < 1.29 is 4.39 Å². The van der Waals surface area contributed by atoms with E-state index in [-0.39, 0.29) is 5.82 Å². The zero-order chi connectivity index (χ0) is 15.4. The third kappa shape index (κ3) is 4.42. The van der Waals surface area contributed by atoms with Crippen molar-refractivity contribution in [2.45, 2.75) is 45.3 Å². The Morgan fingerprint density at radius 1 is 1.33 bits per heavy atom. The second kappa shape index (κ2) is 7.23. The van der Waals surface area contributed by atoms with Crippen molar-refractivity contribution in [3.63, 3.8) is 0 Å². The molecule has 0 radical (unpaired) electrons. The fraction of sp³-hybridized carbons (Fsp3) is 0.647. The zero-order valence-electron chi connectivity index (χ0n) is 13.7. The van der Waals surface area contributed by atoms with Crippen molar-refractivity contribution >= 4 is 5.69 Å². The number of halogens is 1. The van der Waals surface area contributed by atoms with Crippen molar-refractivity contribution in [2.24, 2.45) is 0 Å². The highest BCUT2D eigenvalue weighted by Gasteiger charge is 2.22. The molecule has 0 atom stereocenters. The van der Waals surface area contributed by atoms with E-state index < -0.39 is 0 Å². The fourth-order valence-electron chi connectivity index (χ4n) is 2.93. The maximum Gasteiger partial charge on any atom is 0.123 e. The van der Waals surface area contributed by atoms with Gasteiger partial charge in [0.15, 0.2) is 0 Å². The van der Waals surface area contributed by atoms with E-state index in [2.05, 4.69) is 43.1 Å². The molecule has 1 N–H and O–H groups in total. The summed E-state index contributed by atoms with van der Waals surface area (Å²) >= 11 is 0. The zero-order valence-corrected chi connectivity index (χ0v) is 13.7. The van der Waals surface area contributed by atoms with Gasteiger partial charge in [0.25, 0.3) is 0 Å². The fourth-order valence-corrected chi connectivity index (χ4v) is 2.93. The number of hydrogen-bond donors (Lipinski definition) is 1. The summed E-state index contributed by atoms with van der Waals surface area (Å²) in [6, 6.07) is 6.10. The van der Waals surface area contributed by atoms with E-state index in [4.69, 9.17) is 0 Å². The van der Waals surface area contributed by atoms with E-state index in [1.165, 1.54) is 12.8 Å². The molecule has 1 aromatic rings. The first-order chi connectivity index (χ1) is 9.97. The number of hydrogen-bond acceptors (Lipinski definition) is 3. The number of rotatable bonds is 5. The van der Waals surface area contributed by atoms with Crippen LogP contribution in [0.1, 0.15) is 32.3 Å². The van der Waals surface area contributed by atoms with Crippen LogP contribution in [0.5, 0.6) is 0 Å². The molecule has 0 saturated carbocycles. The summed E-state index contributed by atoms with van der Waals surface area (Å²) in [6.45, 7) is 7.20. The van der Waals surface area contributed by atoms with Gasteiger partial charge in [-0.25, -0.2) is 4.39 Å². The molecule has 1 saturated heterocycles. The molecule has 0 bridgehead atoms. The SMILES string of the molecule is CC(C)NCc1cc(F)ccc1N(C)C1CCN(C)CC1. The Kier molecular flexibility index (Phi) is 5.59. The Hall–Kier alpha value is -1.13. The monoisotopic (exact) mass is 293 g/mol. The second-order valence-corrected chi connectivity index (χ2v) is 6.45. The van der Waals surface area contributed by atoms with Gasteiger partial charge in [0.1, 0.15) is 5.82 Å². The van der Waals surface area contributed by atoms with Gasteiger partial charge in [0.05, 0.1) is 0 Å². The molecule has 3 nitrogen and oxygen atoms in total. The van der Waals surface area contributed by atoms with Gasteiger partial charge in [-0.05, 0) is 56.7 Å². The predicted molar refractivity (Wildman–Crippen MR) is 87.3 cm³/mol. The maximum absolute atomic E-state index is 13.6. The van der Waals surface area contributed by atoms with Crippen LogP contribution >= 0.6 is 0 Å². The molecule has 1 aliphatic heterocycles. The van der Waals surface area contributed by atoms with Crippen LogP contribution in [0, 0.1) is 5.82 Å². The lowest BCUT2D eigenvalue weighted by Gasteiger charge is -2.37. The highest BCUT2D eigenvalue weighted by Crippen LogP contribution is 2.26. The molecule has 2 rings (SSSR count). The minimum absolute atomic E-state index is 0.156. The van der Waals surface area contributed by atoms with Gasteiger partial charge >= 0.3 is 0 Å². The van der Waals surface area contributed by atoms with Gasteiger partial charge in [-0.2, -0.15) is 0 Å². The Morgan fingerprint density at radius 2 is 2.00 bits per heavy atom. The first kappa shape index (κ1) is 16.2. The van der Waals surface area contributed by atoms with Crippen molar-refractivity contribution in [1.82, 2.24) is 10.2 Å². The average Bonchev–Trinajstić information content (AvgIpc) is 2.45. The number of nitrogens with one attached hydrogen (secondary N) is 1. The molecule has 21 heavy (non-hydrogen) atoms. The molecule has 0 unspecified atom stereocenters. The van der Waals surface area contributed by atoms with Crippen molar-refractivity contribution in [2.75, 3.05) is 32.1 Å². The lowest BCUT2D eigenvalue weighted by atomic mass is 10.0. The van der Waals surface area contributed by atoms with E-state index >= 15 is 0 Å². The van der Waals surface area contributed by atoms with Crippen LogP contribution in [0.2, 0.25) is 0 Å². The number of nitrogens with zero attached hydrogens (tertiary/aromatic N) is 2. The van der Waals surface area contributed by atoms with Gasteiger partial charge in [-0.15, -0.1) is 0 Å². The normalized spacial score (nSPS) is 17.4. The van der Waals surface area contributed by atoms with Gasteiger partial charge in [0, 0.05) is 31.4 Å². The Labute approximate surface area is 128 Å². The topological polar surface area (TPSA) is 18.5 Å². The molecule has 0 aromatic heterocycles. The quantitative estimate of drug-likeness (QED) is 0.900. The number of benzene rings is 1. The molecule has 4 heteroatoms. The lowest BCUT2D eigenvalue weighted by Crippen LogP contribution is -2.42. The van der Waals surface area contributed by atoms with E-state index in [1.807, 2.05) is 6.07 Å². The predicted octanol–water partition coefficient (Wildman–Crippen LogP) is 2.85. The summed E-state index contributed by atoms with van der Waals surface area (Å²) in [5, 5.41) is 3.39. The summed E-state index contributed by atoms with van der Waals surface area (Å²) in [6.07, 6.45) is 2.34. The van der Waals surface area contributed by atoms with Crippen LogP contribution in [0.3, 0.4) is 0 Å². The molecule has 0 spiro atoms. The lowest BCUT2D eigenvalue weighted by molar-refractivity contribution is 0.252. The summed E-state index contributed by atoms with van der Waals surface area (Å²) < 4.78 is 13.6. The summed E-state index contributed by atoms with van der Waals surface area (Å²) in [5.41, 5.74) is 2.20. The largest absolute Gasteiger partial charge is 0.371 e. The first-order valence-electron chi connectivity index (χ1n) is 7.90. The number of likely N-dealkylation sites (tertiary alicyclic amines) is 1. The third-order valence-corrected chi connectivity index (χ3v) is 4.36. The summed E-state index contributed by atoms with van der Waals surface area (Å²) in [4.78, 5) is 4.71. The smallest absolute Gasteiger partial charge is 0.123 e. The van der Waals surface area contributed by atoms with Crippen LogP contribution in [0.4, 0.5) is 10.1 Å². The van der Waals surface area contributed by atoms with Crippen LogP contribution in [-0.4, -0.2) is 44.2 Å². The molecule has 1 heterocycles. The minimum Gasteiger partial charge on any atom is -0.371 e. The standard InChI is InChI=1S/C17H28FN3/c1-13(2)19-12-14-11-15(18)5-6-17(14)21(4)16-7-9-20(3)10-8-16/h5-6,11,13,16,19H,7-10,12H2,1-4H3. The molecule has 1 aliphatic rings. The van der Waals surface area contributed by atoms with Gasteiger partial charge in [-0.3, -0.25) is 0 Å². The van der Waals surface area contributed by atoms with Crippen molar-refractivity contribution in [3.8, 4) is 0 Å². The van der Waals surface area contributed by atoms with Gasteiger partial charge < -0.3 is 15.1 Å².